The largest absolute Gasteiger partial charge is 0.501 e. The van der Waals surface area contributed by atoms with E-state index in [9.17, 15) is 22.7 Å². The Balaban J connectivity index is 2.49. The highest BCUT2D eigenvalue weighted by Crippen LogP contribution is 2.40. The first-order valence-electron chi connectivity index (χ1n) is 6.53. The highest BCUT2D eigenvalue weighted by molar-refractivity contribution is 7.89. The summed E-state index contributed by atoms with van der Waals surface area (Å²) in [4.78, 5) is 12.3. The molecule has 22 heavy (non-hydrogen) atoms. The number of halogens is 1. The number of Topliss-reactive ketones (excluding diaryl/α,β-unsaturated/α-hetero) is 1. The minimum absolute atomic E-state index is 0.0798. The van der Waals surface area contributed by atoms with Gasteiger partial charge in [-0.15, -0.1) is 0 Å². The highest BCUT2D eigenvalue weighted by Gasteiger charge is 2.51. The van der Waals surface area contributed by atoms with Gasteiger partial charge >= 0.3 is 0 Å². The van der Waals surface area contributed by atoms with E-state index in [4.69, 9.17) is 4.74 Å². The highest BCUT2D eigenvalue weighted by atomic mass is 32.2. The minimum Gasteiger partial charge on any atom is -0.501 e. The van der Waals surface area contributed by atoms with E-state index in [2.05, 4.69) is 0 Å². The lowest BCUT2D eigenvalue weighted by Crippen LogP contribution is -2.34. The van der Waals surface area contributed by atoms with Crippen LogP contribution in [0.4, 0.5) is 4.39 Å². The molecule has 1 heterocycles. The third-order valence-electron chi connectivity index (χ3n) is 3.61. The SMILES string of the molecule is CCS(=O)(=O)N(C)C1=C(O)C(=O)C(C)(c2ccccc2F)O1. The maximum Gasteiger partial charge on any atom is 0.251 e. The normalized spacial score (nSPS) is 21.9. The topological polar surface area (TPSA) is 83.9 Å². The maximum absolute atomic E-state index is 14.0. The average Bonchev–Trinajstić information content (AvgIpc) is 2.72. The van der Waals surface area contributed by atoms with E-state index in [0.29, 0.717) is 4.31 Å². The summed E-state index contributed by atoms with van der Waals surface area (Å²) in [7, 11) is -2.58. The molecule has 1 aromatic carbocycles. The Morgan fingerprint density at radius 3 is 2.50 bits per heavy atom. The molecule has 0 saturated carbocycles. The summed E-state index contributed by atoms with van der Waals surface area (Å²) >= 11 is 0. The van der Waals surface area contributed by atoms with Crippen molar-refractivity contribution in [2.75, 3.05) is 12.8 Å². The number of benzene rings is 1. The zero-order valence-electron chi connectivity index (χ0n) is 12.3. The van der Waals surface area contributed by atoms with Gasteiger partial charge in [-0.1, -0.05) is 18.2 Å². The van der Waals surface area contributed by atoms with Crippen molar-refractivity contribution in [3.05, 3.63) is 47.3 Å². The lowest BCUT2D eigenvalue weighted by Gasteiger charge is -2.26. The summed E-state index contributed by atoms with van der Waals surface area (Å²) in [6.07, 6.45) is 0. The first-order chi connectivity index (χ1) is 10.1. The molecule has 0 saturated heterocycles. The Hall–Kier alpha value is -2.09. The molecule has 1 unspecified atom stereocenters. The molecule has 1 aliphatic rings. The summed E-state index contributed by atoms with van der Waals surface area (Å²) in [6, 6.07) is 5.46. The van der Waals surface area contributed by atoms with E-state index in [1.807, 2.05) is 0 Å². The minimum atomic E-state index is -3.74. The zero-order valence-corrected chi connectivity index (χ0v) is 13.1. The number of carbonyl (C=O) groups excluding carboxylic acids is 1. The van der Waals surface area contributed by atoms with Gasteiger partial charge in [0, 0.05) is 12.6 Å². The van der Waals surface area contributed by atoms with E-state index in [0.717, 1.165) is 13.1 Å². The van der Waals surface area contributed by atoms with Crippen LogP contribution >= 0.6 is 0 Å². The molecule has 2 rings (SSSR count). The fourth-order valence-corrected chi connectivity index (χ4v) is 2.93. The van der Waals surface area contributed by atoms with E-state index in [-0.39, 0.29) is 11.3 Å². The molecule has 0 spiro atoms. The molecule has 1 atom stereocenters. The van der Waals surface area contributed by atoms with E-state index in [1.165, 1.54) is 32.0 Å². The van der Waals surface area contributed by atoms with Gasteiger partial charge in [-0.3, -0.25) is 4.79 Å². The van der Waals surface area contributed by atoms with Crippen LogP contribution in [-0.2, 0) is 25.2 Å². The molecule has 0 amide bonds. The number of sulfonamides is 1. The van der Waals surface area contributed by atoms with Gasteiger partial charge in [0.1, 0.15) is 5.82 Å². The Morgan fingerprint density at radius 2 is 1.95 bits per heavy atom. The van der Waals surface area contributed by atoms with Crippen LogP contribution in [0.1, 0.15) is 19.4 Å². The second-order valence-corrected chi connectivity index (χ2v) is 7.25. The summed E-state index contributed by atoms with van der Waals surface area (Å²) in [5, 5.41) is 9.95. The third-order valence-corrected chi connectivity index (χ3v) is 5.34. The molecular weight excluding hydrogens is 313 g/mol. The molecule has 1 N–H and O–H groups in total. The fraction of sp³-hybridized carbons (Fsp3) is 0.357. The number of carbonyl (C=O) groups is 1. The molecule has 6 nitrogen and oxygen atoms in total. The molecule has 0 aromatic heterocycles. The first-order valence-corrected chi connectivity index (χ1v) is 8.14. The predicted molar refractivity (Wildman–Crippen MR) is 76.7 cm³/mol. The second-order valence-electron chi connectivity index (χ2n) is 4.97. The number of ether oxygens (including phenoxy) is 1. The Bertz CT molecular complexity index is 758. The molecule has 0 radical (unpaired) electrons. The van der Waals surface area contributed by atoms with Crippen molar-refractivity contribution in [3.8, 4) is 0 Å². The summed E-state index contributed by atoms with van der Waals surface area (Å²) in [5.41, 5.74) is -1.90. The van der Waals surface area contributed by atoms with Crippen LogP contribution in [0, 0.1) is 5.82 Å². The van der Waals surface area contributed by atoms with Gasteiger partial charge in [-0.05, 0) is 19.9 Å². The van der Waals surface area contributed by atoms with Crippen LogP contribution in [0.5, 0.6) is 0 Å². The third kappa shape index (κ3) is 2.33. The van der Waals surface area contributed by atoms with Gasteiger partial charge in [-0.2, -0.15) is 0 Å². The number of aliphatic hydroxyl groups excluding tert-OH is 1. The summed E-state index contributed by atoms with van der Waals surface area (Å²) < 4.78 is 43.8. The van der Waals surface area contributed by atoms with Crippen molar-refractivity contribution in [2.45, 2.75) is 19.4 Å². The predicted octanol–water partition coefficient (Wildman–Crippen LogP) is 1.65. The number of ketones is 1. The van der Waals surface area contributed by atoms with Gasteiger partial charge < -0.3 is 9.84 Å². The van der Waals surface area contributed by atoms with E-state index in [1.54, 1.807) is 0 Å². The standard InChI is InChI=1S/C14H16FNO5S/c1-4-22(19,20)16(3)13-11(17)12(18)14(2,21-13)9-7-5-6-8-10(9)15/h5-8,17H,4H2,1-3H3. The van der Waals surface area contributed by atoms with Crippen LogP contribution in [0.25, 0.3) is 0 Å². The van der Waals surface area contributed by atoms with Gasteiger partial charge in [0.05, 0.1) is 5.75 Å². The molecule has 0 bridgehead atoms. The van der Waals surface area contributed by atoms with Crippen LogP contribution in [0.2, 0.25) is 0 Å². The van der Waals surface area contributed by atoms with Crippen LogP contribution < -0.4 is 0 Å². The lowest BCUT2D eigenvalue weighted by molar-refractivity contribution is -0.132. The van der Waals surface area contributed by atoms with E-state index < -0.39 is 38.9 Å². The molecule has 1 aliphatic heterocycles. The van der Waals surface area contributed by atoms with Crippen molar-refractivity contribution >= 4 is 15.8 Å². The van der Waals surface area contributed by atoms with E-state index >= 15 is 0 Å². The fourth-order valence-electron chi connectivity index (χ4n) is 2.17. The monoisotopic (exact) mass is 329 g/mol. The molecule has 0 fully saturated rings. The molecule has 0 aliphatic carbocycles. The number of nitrogens with zero attached hydrogens (tertiary/aromatic N) is 1. The molecule has 8 heteroatoms. The van der Waals surface area contributed by atoms with Gasteiger partial charge in [0.2, 0.25) is 21.4 Å². The van der Waals surface area contributed by atoms with Gasteiger partial charge in [0.25, 0.3) is 11.7 Å². The molecule has 120 valence electrons. The van der Waals surface area contributed by atoms with Crippen molar-refractivity contribution in [1.29, 1.82) is 0 Å². The quantitative estimate of drug-likeness (QED) is 0.908. The maximum atomic E-state index is 14.0. The number of hydrogen-bond acceptors (Lipinski definition) is 5. The Kier molecular flexibility index (Phi) is 3.90. The van der Waals surface area contributed by atoms with Gasteiger partial charge in [-0.25, -0.2) is 17.1 Å². The van der Waals surface area contributed by atoms with Crippen molar-refractivity contribution < 1.29 is 27.4 Å². The van der Waals surface area contributed by atoms with Crippen LogP contribution in [0.15, 0.2) is 35.9 Å². The van der Waals surface area contributed by atoms with Crippen LogP contribution in [-0.4, -0.2) is 36.4 Å². The molecule has 1 aromatic rings. The Labute approximate surface area is 127 Å². The number of hydrogen-bond donors (Lipinski definition) is 1. The molecular formula is C14H16FNO5S. The van der Waals surface area contributed by atoms with Crippen molar-refractivity contribution in [1.82, 2.24) is 4.31 Å². The first kappa shape index (κ1) is 16.3. The number of rotatable bonds is 4. The summed E-state index contributed by atoms with van der Waals surface area (Å²) in [5.74, 6) is -3.17. The van der Waals surface area contributed by atoms with Crippen LogP contribution in [0.3, 0.4) is 0 Å². The van der Waals surface area contributed by atoms with Crippen molar-refractivity contribution in [3.63, 3.8) is 0 Å². The smallest absolute Gasteiger partial charge is 0.251 e. The number of aliphatic hydroxyl groups is 1. The van der Waals surface area contributed by atoms with Crippen molar-refractivity contribution in [2.24, 2.45) is 0 Å². The zero-order chi connectivity index (χ0) is 16.7. The summed E-state index contributed by atoms with van der Waals surface area (Å²) in [6.45, 7) is 2.69. The Morgan fingerprint density at radius 1 is 1.36 bits per heavy atom. The average molecular weight is 329 g/mol. The lowest BCUT2D eigenvalue weighted by atomic mass is 9.91. The second kappa shape index (κ2) is 5.28. The van der Waals surface area contributed by atoms with Gasteiger partial charge in [0.15, 0.2) is 0 Å².